The molecule has 1 N–H and O–H groups in total. The summed E-state index contributed by atoms with van der Waals surface area (Å²) in [6.45, 7) is 0.730. The topological polar surface area (TPSA) is 66.8 Å². The van der Waals surface area contributed by atoms with Crippen molar-refractivity contribution >= 4 is 11.9 Å². The van der Waals surface area contributed by atoms with Crippen LogP contribution in [-0.4, -0.2) is 35.5 Å². The molecule has 5 nitrogen and oxygen atoms in total. The second-order valence-corrected chi connectivity index (χ2v) is 6.20. The van der Waals surface area contributed by atoms with E-state index < -0.39 is 5.97 Å². The highest BCUT2D eigenvalue weighted by molar-refractivity contribution is 5.88. The normalized spacial score (nSPS) is 16.7. The third-order valence-corrected chi connectivity index (χ3v) is 4.60. The van der Waals surface area contributed by atoms with Gasteiger partial charge < -0.3 is 14.7 Å². The number of nitrogens with zero attached hydrogens (tertiary/aromatic N) is 1. The number of amides is 1. The van der Waals surface area contributed by atoms with Gasteiger partial charge in [0.25, 0.3) is 0 Å². The molecule has 0 saturated carbocycles. The van der Waals surface area contributed by atoms with Crippen molar-refractivity contribution in [1.29, 1.82) is 0 Å². The van der Waals surface area contributed by atoms with Crippen molar-refractivity contribution in [2.75, 3.05) is 13.7 Å². The van der Waals surface area contributed by atoms with Crippen LogP contribution in [0.5, 0.6) is 5.75 Å². The summed E-state index contributed by atoms with van der Waals surface area (Å²) < 4.78 is 5.19. The van der Waals surface area contributed by atoms with Gasteiger partial charge in [-0.15, -0.1) is 0 Å². The Hall–Kier alpha value is -2.82. The number of carbonyl (C=O) groups excluding carboxylic acids is 1. The zero-order valence-electron chi connectivity index (χ0n) is 14.1. The number of hydrogen-bond acceptors (Lipinski definition) is 3. The molecule has 2 aromatic carbocycles. The van der Waals surface area contributed by atoms with Gasteiger partial charge in [0.15, 0.2) is 0 Å². The summed E-state index contributed by atoms with van der Waals surface area (Å²) in [5.74, 6) is -0.155. The first-order valence-electron chi connectivity index (χ1n) is 8.34. The third-order valence-electron chi connectivity index (χ3n) is 4.60. The number of likely N-dealkylation sites (tertiary alicyclic amines) is 1. The average Bonchev–Trinajstić information content (AvgIpc) is 3.12. The van der Waals surface area contributed by atoms with Crippen LogP contribution >= 0.6 is 0 Å². The summed E-state index contributed by atoms with van der Waals surface area (Å²) in [6.07, 6.45) is 2.12. The van der Waals surface area contributed by atoms with Crippen molar-refractivity contribution in [1.82, 2.24) is 4.90 Å². The molecule has 130 valence electrons. The largest absolute Gasteiger partial charge is 0.497 e. The number of carbonyl (C=O) groups is 2. The van der Waals surface area contributed by atoms with Crippen molar-refractivity contribution in [3.63, 3.8) is 0 Å². The van der Waals surface area contributed by atoms with E-state index in [1.807, 2.05) is 29.2 Å². The first-order valence-corrected chi connectivity index (χ1v) is 8.34. The van der Waals surface area contributed by atoms with Crippen LogP contribution in [0.15, 0.2) is 48.5 Å². The third kappa shape index (κ3) is 3.82. The number of carboxylic acid groups (broad SMARTS) is 1. The summed E-state index contributed by atoms with van der Waals surface area (Å²) in [5.41, 5.74) is 2.04. The highest BCUT2D eigenvalue weighted by Gasteiger charge is 2.29. The van der Waals surface area contributed by atoms with Crippen molar-refractivity contribution in [3.8, 4) is 5.75 Å². The van der Waals surface area contributed by atoms with Gasteiger partial charge in [0.05, 0.1) is 25.1 Å². The predicted molar refractivity (Wildman–Crippen MR) is 93.8 cm³/mol. The molecular weight excluding hydrogens is 318 g/mol. The first kappa shape index (κ1) is 17.0. The lowest BCUT2D eigenvalue weighted by atomic mass is 10.0. The Labute approximate surface area is 146 Å². The van der Waals surface area contributed by atoms with Crippen LogP contribution in [-0.2, 0) is 11.2 Å². The van der Waals surface area contributed by atoms with E-state index >= 15 is 0 Å². The smallest absolute Gasteiger partial charge is 0.335 e. The number of methoxy groups -OCH3 is 1. The number of ether oxygens (including phenoxy) is 1. The molecule has 0 spiro atoms. The van der Waals surface area contributed by atoms with Crippen LogP contribution in [0.1, 0.15) is 40.4 Å². The van der Waals surface area contributed by atoms with E-state index in [0.29, 0.717) is 0 Å². The van der Waals surface area contributed by atoms with Gasteiger partial charge in [0, 0.05) is 6.54 Å². The van der Waals surface area contributed by atoms with Gasteiger partial charge >= 0.3 is 5.97 Å². The summed E-state index contributed by atoms with van der Waals surface area (Å²) >= 11 is 0. The molecule has 1 unspecified atom stereocenters. The Kier molecular flexibility index (Phi) is 5.03. The van der Waals surface area contributed by atoms with Crippen molar-refractivity contribution in [2.45, 2.75) is 25.3 Å². The monoisotopic (exact) mass is 339 g/mol. The molecular formula is C20H21NO4. The van der Waals surface area contributed by atoms with E-state index in [1.54, 1.807) is 25.3 Å². The summed E-state index contributed by atoms with van der Waals surface area (Å²) in [4.78, 5) is 25.7. The van der Waals surface area contributed by atoms with Gasteiger partial charge in [-0.2, -0.15) is 0 Å². The minimum atomic E-state index is -0.980. The maximum Gasteiger partial charge on any atom is 0.335 e. The van der Waals surface area contributed by atoms with E-state index in [-0.39, 0.29) is 23.9 Å². The second kappa shape index (κ2) is 7.38. The summed E-state index contributed by atoms with van der Waals surface area (Å²) in [7, 11) is 1.63. The molecule has 25 heavy (non-hydrogen) atoms. The maximum atomic E-state index is 12.8. The lowest BCUT2D eigenvalue weighted by molar-refractivity contribution is -0.131. The Morgan fingerprint density at radius 3 is 2.64 bits per heavy atom. The fourth-order valence-electron chi connectivity index (χ4n) is 3.33. The first-order chi connectivity index (χ1) is 12.1. The number of rotatable bonds is 5. The minimum absolute atomic E-state index is 0.0286. The number of benzene rings is 2. The Morgan fingerprint density at radius 2 is 1.96 bits per heavy atom. The molecule has 1 aliphatic rings. The quantitative estimate of drug-likeness (QED) is 0.908. The van der Waals surface area contributed by atoms with E-state index in [4.69, 9.17) is 9.84 Å². The maximum absolute atomic E-state index is 12.8. The molecule has 1 fully saturated rings. The molecule has 0 radical (unpaired) electrons. The molecule has 1 aliphatic heterocycles. The van der Waals surface area contributed by atoms with E-state index in [2.05, 4.69) is 0 Å². The fourth-order valence-corrected chi connectivity index (χ4v) is 3.33. The Morgan fingerprint density at radius 1 is 1.20 bits per heavy atom. The fraction of sp³-hybridized carbons (Fsp3) is 0.300. The van der Waals surface area contributed by atoms with E-state index in [0.717, 1.165) is 36.3 Å². The minimum Gasteiger partial charge on any atom is -0.497 e. The van der Waals surface area contributed by atoms with Gasteiger partial charge in [-0.1, -0.05) is 24.3 Å². The van der Waals surface area contributed by atoms with Crippen LogP contribution in [0.4, 0.5) is 0 Å². The van der Waals surface area contributed by atoms with Gasteiger partial charge in [0.1, 0.15) is 5.75 Å². The van der Waals surface area contributed by atoms with Crippen molar-refractivity contribution in [2.24, 2.45) is 0 Å². The predicted octanol–water partition coefficient (Wildman–Crippen LogP) is 3.30. The van der Waals surface area contributed by atoms with Gasteiger partial charge in [-0.05, 0) is 48.2 Å². The van der Waals surface area contributed by atoms with Crippen LogP contribution in [0.3, 0.4) is 0 Å². The SMILES string of the molecule is COc1ccc(C2CCCN2C(=O)Cc2cccc(C(=O)O)c2)cc1. The summed E-state index contributed by atoms with van der Waals surface area (Å²) in [6, 6.07) is 14.5. The average molecular weight is 339 g/mol. The van der Waals surface area contributed by atoms with Crippen LogP contribution in [0.2, 0.25) is 0 Å². The zero-order chi connectivity index (χ0) is 17.8. The van der Waals surface area contributed by atoms with E-state index in [9.17, 15) is 9.59 Å². The van der Waals surface area contributed by atoms with Crippen LogP contribution < -0.4 is 4.74 Å². The van der Waals surface area contributed by atoms with Gasteiger partial charge in [0.2, 0.25) is 5.91 Å². The molecule has 0 aromatic heterocycles. The van der Waals surface area contributed by atoms with Gasteiger partial charge in [-0.3, -0.25) is 4.79 Å². The molecule has 5 heteroatoms. The number of aromatic carboxylic acids is 1. The standard InChI is InChI=1S/C20H21NO4/c1-25-17-9-7-15(8-10-17)18-6-3-11-21(18)19(22)13-14-4-2-5-16(12-14)20(23)24/h2,4-5,7-10,12,18H,3,6,11,13H2,1H3,(H,23,24). The number of carboxylic acids is 1. The summed E-state index contributed by atoms with van der Waals surface area (Å²) in [5, 5.41) is 9.08. The van der Waals surface area contributed by atoms with Crippen LogP contribution in [0.25, 0.3) is 0 Å². The highest BCUT2D eigenvalue weighted by atomic mass is 16.5. The highest BCUT2D eigenvalue weighted by Crippen LogP contribution is 2.33. The molecule has 2 aromatic rings. The Balaban J connectivity index is 1.74. The molecule has 1 heterocycles. The lowest BCUT2D eigenvalue weighted by Crippen LogP contribution is -2.31. The molecule has 1 atom stereocenters. The van der Waals surface area contributed by atoms with Crippen molar-refractivity contribution < 1.29 is 19.4 Å². The van der Waals surface area contributed by atoms with Crippen molar-refractivity contribution in [3.05, 3.63) is 65.2 Å². The second-order valence-electron chi connectivity index (χ2n) is 6.20. The van der Waals surface area contributed by atoms with E-state index in [1.165, 1.54) is 6.07 Å². The molecule has 1 amide bonds. The molecule has 0 bridgehead atoms. The molecule has 3 rings (SSSR count). The lowest BCUT2D eigenvalue weighted by Gasteiger charge is -2.25. The zero-order valence-corrected chi connectivity index (χ0v) is 14.1. The van der Waals surface area contributed by atoms with Gasteiger partial charge in [-0.25, -0.2) is 4.79 Å². The van der Waals surface area contributed by atoms with Crippen LogP contribution in [0, 0.1) is 0 Å². The Bertz CT molecular complexity index is 770. The molecule has 1 saturated heterocycles. The number of hydrogen-bond donors (Lipinski definition) is 1. The molecule has 0 aliphatic carbocycles.